The number of hydrogen-bond acceptors (Lipinski definition) is 4. The van der Waals surface area contributed by atoms with Gasteiger partial charge in [-0.05, 0) is 23.3 Å². The molecule has 2 aromatic rings. The number of carbonyl (C=O) groups is 1. The maximum absolute atomic E-state index is 12.5. The second-order valence-corrected chi connectivity index (χ2v) is 6.36. The third-order valence-corrected chi connectivity index (χ3v) is 4.72. The van der Waals surface area contributed by atoms with E-state index in [9.17, 15) is 4.79 Å². The maximum Gasteiger partial charge on any atom is 0.287 e. The van der Waals surface area contributed by atoms with Crippen LogP contribution < -0.4 is 10.1 Å². The molecule has 0 aromatic heterocycles. The molecule has 1 N–H and O–H groups in total. The van der Waals surface area contributed by atoms with Crippen LogP contribution in [0.1, 0.15) is 11.1 Å². The molecule has 24 heavy (non-hydrogen) atoms. The second kappa shape index (κ2) is 7.93. The maximum atomic E-state index is 12.5. The van der Waals surface area contributed by atoms with Crippen molar-refractivity contribution in [3.63, 3.8) is 0 Å². The van der Waals surface area contributed by atoms with Crippen molar-refractivity contribution in [2.45, 2.75) is 6.54 Å². The molecule has 1 aliphatic rings. The van der Waals surface area contributed by atoms with Crippen molar-refractivity contribution in [3.8, 4) is 5.75 Å². The van der Waals surface area contributed by atoms with Crippen molar-refractivity contribution in [2.75, 3.05) is 19.5 Å². The van der Waals surface area contributed by atoms with E-state index >= 15 is 0 Å². The van der Waals surface area contributed by atoms with E-state index in [0.29, 0.717) is 18.9 Å². The van der Waals surface area contributed by atoms with E-state index in [-0.39, 0.29) is 5.91 Å². The van der Waals surface area contributed by atoms with E-state index in [0.717, 1.165) is 27.5 Å². The van der Waals surface area contributed by atoms with Gasteiger partial charge in [-0.25, -0.2) is 0 Å². The molecule has 0 aliphatic carbocycles. The molecule has 0 spiro atoms. The van der Waals surface area contributed by atoms with Gasteiger partial charge in [0.15, 0.2) is 5.76 Å². The molecule has 0 fully saturated rings. The van der Waals surface area contributed by atoms with Crippen LogP contribution in [-0.4, -0.2) is 25.4 Å². The van der Waals surface area contributed by atoms with Gasteiger partial charge in [-0.1, -0.05) is 42.5 Å². The number of methoxy groups -OCH3 is 1. The quantitative estimate of drug-likeness (QED) is 0.905. The lowest BCUT2D eigenvalue weighted by Gasteiger charge is -2.20. The number of hydrogen-bond donors (Lipinski definition) is 1. The average molecular weight is 341 g/mol. The summed E-state index contributed by atoms with van der Waals surface area (Å²) in [5, 5.41) is 2.93. The number of amides is 1. The summed E-state index contributed by atoms with van der Waals surface area (Å²) < 4.78 is 10.8. The Morgan fingerprint density at radius 3 is 2.62 bits per heavy atom. The first-order valence-electron chi connectivity index (χ1n) is 7.74. The van der Waals surface area contributed by atoms with E-state index in [2.05, 4.69) is 5.32 Å². The molecule has 0 saturated heterocycles. The van der Waals surface area contributed by atoms with Crippen molar-refractivity contribution >= 4 is 22.6 Å². The van der Waals surface area contributed by atoms with Crippen molar-refractivity contribution in [1.82, 2.24) is 5.32 Å². The van der Waals surface area contributed by atoms with E-state index in [1.807, 2.05) is 54.6 Å². The Balaban J connectivity index is 1.73. The van der Waals surface area contributed by atoms with Gasteiger partial charge in [0.2, 0.25) is 0 Å². The molecule has 0 atom stereocenters. The lowest BCUT2D eigenvalue weighted by molar-refractivity contribution is -0.120. The van der Waals surface area contributed by atoms with E-state index < -0.39 is 0 Å². The van der Waals surface area contributed by atoms with E-state index in [4.69, 9.17) is 9.47 Å². The number of nitrogens with one attached hydrogen (secondary N) is 1. The Labute approximate surface area is 145 Å². The Morgan fingerprint density at radius 2 is 1.92 bits per heavy atom. The topological polar surface area (TPSA) is 47.6 Å². The zero-order chi connectivity index (χ0) is 16.8. The van der Waals surface area contributed by atoms with Gasteiger partial charge in [-0.3, -0.25) is 4.79 Å². The molecule has 0 unspecified atom stereocenters. The third-order valence-electron chi connectivity index (χ3n) is 3.64. The van der Waals surface area contributed by atoms with Gasteiger partial charge in [0.25, 0.3) is 5.91 Å². The first kappa shape index (κ1) is 16.5. The zero-order valence-electron chi connectivity index (χ0n) is 13.5. The summed E-state index contributed by atoms with van der Waals surface area (Å²) in [4.78, 5) is 13.4. The predicted octanol–water partition coefficient (Wildman–Crippen LogP) is 3.44. The highest BCUT2D eigenvalue weighted by Crippen LogP contribution is 2.34. The minimum atomic E-state index is -0.183. The standard InChI is InChI=1S/C19H19NO3S/c1-22-16-9-7-14(8-10-16)13-20-19(21)17-18(24-12-11-23-17)15-5-3-2-4-6-15/h2-10H,11-13H2,1H3,(H,20,21). The molecule has 0 bridgehead atoms. The molecular weight excluding hydrogens is 322 g/mol. The SMILES string of the molecule is COc1ccc(CNC(=O)C2=C(c3ccccc3)SCCO2)cc1. The predicted molar refractivity (Wildman–Crippen MR) is 96.6 cm³/mol. The normalized spacial score (nSPS) is 14.0. The molecule has 1 heterocycles. The van der Waals surface area contributed by atoms with E-state index in [1.54, 1.807) is 18.9 Å². The molecule has 0 saturated carbocycles. The number of ether oxygens (including phenoxy) is 2. The summed E-state index contributed by atoms with van der Waals surface area (Å²) in [6.45, 7) is 0.995. The molecule has 3 rings (SSSR count). The van der Waals surface area contributed by atoms with Crippen LogP contribution in [0.25, 0.3) is 4.91 Å². The van der Waals surface area contributed by atoms with Crippen molar-refractivity contribution in [3.05, 3.63) is 71.5 Å². The van der Waals surface area contributed by atoms with Gasteiger partial charge in [0, 0.05) is 12.3 Å². The monoisotopic (exact) mass is 341 g/mol. The van der Waals surface area contributed by atoms with Crippen LogP contribution in [0.15, 0.2) is 60.4 Å². The van der Waals surface area contributed by atoms with Gasteiger partial charge in [-0.15, -0.1) is 11.8 Å². The fourth-order valence-electron chi connectivity index (χ4n) is 2.40. The highest BCUT2D eigenvalue weighted by atomic mass is 32.2. The largest absolute Gasteiger partial charge is 0.497 e. The molecular formula is C19H19NO3S. The Hall–Kier alpha value is -2.40. The van der Waals surface area contributed by atoms with Crippen molar-refractivity contribution < 1.29 is 14.3 Å². The second-order valence-electron chi connectivity index (χ2n) is 5.25. The highest BCUT2D eigenvalue weighted by molar-refractivity contribution is 8.08. The summed E-state index contributed by atoms with van der Waals surface area (Å²) in [7, 11) is 1.63. The molecule has 0 radical (unpaired) electrons. The number of rotatable bonds is 5. The Bertz CT molecular complexity index is 726. The molecule has 5 heteroatoms. The minimum Gasteiger partial charge on any atom is -0.497 e. The fraction of sp³-hybridized carbons (Fsp3) is 0.211. The van der Waals surface area contributed by atoms with Gasteiger partial charge in [-0.2, -0.15) is 0 Å². The van der Waals surface area contributed by atoms with Gasteiger partial charge in [0.05, 0.1) is 18.6 Å². The number of thioether (sulfide) groups is 1. The number of carbonyl (C=O) groups excluding carboxylic acids is 1. The third kappa shape index (κ3) is 3.92. The van der Waals surface area contributed by atoms with Crippen LogP contribution in [-0.2, 0) is 16.1 Å². The first-order chi connectivity index (χ1) is 11.8. The number of benzene rings is 2. The summed E-state index contributed by atoms with van der Waals surface area (Å²) in [5.41, 5.74) is 2.02. The van der Waals surface area contributed by atoms with Crippen LogP contribution in [0.2, 0.25) is 0 Å². The minimum absolute atomic E-state index is 0.183. The van der Waals surface area contributed by atoms with Crippen molar-refractivity contribution in [1.29, 1.82) is 0 Å². The van der Waals surface area contributed by atoms with Crippen LogP contribution in [0.3, 0.4) is 0 Å². The molecule has 1 amide bonds. The van der Waals surface area contributed by atoms with Gasteiger partial charge >= 0.3 is 0 Å². The van der Waals surface area contributed by atoms with Gasteiger partial charge < -0.3 is 14.8 Å². The smallest absolute Gasteiger partial charge is 0.287 e. The summed E-state index contributed by atoms with van der Waals surface area (Å²) >= 11 is 1.66. The Kier molecular flexibility index (Phi) is 5.43. The summed E-state index contributed by atoms with van der Waals surface area (Å²) in [5.74, 6) is 1.87. The lowest BCUT2D eigenvalue weighted by atomic mass is 10.2. The lowest BCUT2D eigenvalue weighted by Crippen LogP contribution is -2.28. The van der Waals surface area contributed by atoms with Crippen LogP contribution >= 0.6 is 11.8 Å². The first-order valence-corrected chi connectivity index (χ1v) is 8.73. The van der Waals surface area contributed by atoms with Crippen LogP contribution in [0.4, 0.5) is 0 Å². The van der Waals surface area contributed by atoms with Gasteiger partial charge in [0.1, 0.15) is 5.75 Å². The van der Waals surface area contributed by atoms with Crippen molar-refractivity contribution in [2.24, 2.45) is 0 Å². The van der Waals surface area contributed by atoms with E-state index in [1.165, 1.54) is 0 Å². The van der Waals surface area contributed by atoms with Crippen LogP contribution in [0.5, 0.6) is 5.75 Å². The zero-order valence-corrected chi connectivity index (χ0v) is 14.3. The Morgan fingerprint density at radius 1 is 1.17 bits per heavy atom. The highest BCUT2D eigenvalue weighted by Gasteiger charge is 2.22. The summed E-state index contributed by atoms with van der Waals surface area (Å²) in [6.07, 6.45) is 0. The molecule has 4 nitrogen and oxygen atoms in total. The van der Waals surface area contributed by atoms with Crippen LogP contribution in [0, 0.1) is 0 Å². The molecule has 124 valence electrons. The molecule has 2 aromatic carbocycles. The summed E-state index contributed by atoms with van der Waals surface area (Å²) in [6, 6.07) is 17.5. The average Bonchev–Trinajstić information content (AvgIpc) is 2.67. The molecule has 1 aliphatic heterocycles. The fourth-order valence-corrected chi connectivity index (χ4v) is 3.35.